The van der Waals surface area contributed by atoms with Gasteiger partial charge in [-0.15, -0.1) is 0 Å². The van der Waals surface area contributed by atoms with Gasteiger partial charge < -0.3 is 0 Å². The Hall–Kier alpha value is -1.83. The Bertz CT molecular complexity index is 816. The van der Waals surface area contributed by atoms with E-state index in [1.165, 1.54) is 33.4 Å². The molecular weight excluding hydrogens is 277 g/mol. The number of fused-ring (bicyclic) bond motifs is 1. The Labute approximate surface area is 147 Å². The van der Waals surface area contributed by atoms with Gasteiger partial charge in [0.15, 0.2) is 0 Å². The lowest BCUT2D eigenvalue weighted by Gasteiger charge is -2.10. The predicted octanol–water partition coefficient (Wildman–Crippen LogP) is 5.21. The van der Waals surface area contributed by atoms with Crippen LogP contribution < -0.4 is 0 Å². The summed E-state index contributed by atoms with van der Waals surface area (Å²) in [5, 5.41) is 0. The molecule has 1 aliphatic rings. The van der Waals surface area contributed by atoms with Crippen LogP contribution in [0.4, 0.5) is 0 Å². The van der Waals surface area contributed by atoms with Gasteiger partial charge in [-0.2, -0.15) is 0 Å². The third-order valence-electron chi connectivity index (χ3n) is 4.10. The van der Waals surface area contributed by atoms with Gasteiger partial charge in [-0.3, -0.25) is 0 Å². The van der Waals surface area contributed by atoms with Gasteiger partial charge in [0.1, 0.15) is 0 Å². The van der Waals surface area contributed by atoms with Gasteiger partial charge in [0.2, 0.25) is 0 Å². The summed E-state index contributed by atoms with van der Waals surface area (Å²) in [6.45, 7) is 0. The van der Waals surface area contributed by atoms with E-state index in [9.17, 15) is 0 Å². The van der Waals surface area contributed by atoms with Crippen LogP contribution in [-0.2, 0) is 6.42 Å². The average Bonchev–Trinajstić information content (AvgIpc) is 3.04. The minimum Gasteiger partial charge on any atom is -0.0795 e. The molecule has 0 saturated carbocycles. The molecule has 0 amide bonds. The first-order chi connectivity index (χ1) is 10.4. The van der Waals surface area contributed by atoms with E-state index in [2.05, 4.69) is 84.9 Å². The van der Waals surface area contributed by atoms with Crippen molar-refractivity contribution in [3.63, 3.8) is 0 Å². The molecule has 3 aromatic rings. The van der Waals surface area contributed by atoms with Crippen LogP contribution in [0.25, 0.3) is 28.3 Å². The van der Waals surface area contributed by atoms with Gasteiger partial charge >= 0.3 is 0 Å². The second-order valence-corrected chi connectivity index (χ2v) is 5.43. The van der Waals surface area contributed by atoms with Gasteiger partial charge in [0.05, 0.1) is 0 Å². The van der Waals surface area contributed by atoms with E-state index < -0.39 is 0 Å². The first-order valence-corrected chi connectivity index (χ1v) is 7.36. The molecule has 0 saturated heterocycles. The molecule has 0 aliphatic heterocycles. The maximum absolute atomic E-state index is 2.29. The molecule has 0 heterocycles. The lowest BCUT2D eigenvalue weighted by atomic mass is 9.94. The number of hydrogen-bond acceptors (Lipinski definition) is 0. The maximum atomic E-state index is 2.29. The third-order valence-corrected chi connectivity index (χ3v) is 4.10. The molecule has 4 rings (SSSR count). The Morgan fingerprint density at radius 2 is 1.36 bits per heavy atom. The first kappa shape index (κ1) is 15.1. The lowest BCUT2D eigenvalue weighted by molar-refractivity contribution is 1.31. The maximum Gasteiger partial charge on any atom is 0 e. The Morgan fingerprint density at radius 3 is 2.23 bits per heavy atom. The van der Waals surface area contributed by atoms with E-state index in [-0.39, 0.29) is 23.1 Å². The summed E-state index contributed by atoms with van der Waals surface area (Å²) in [5.41, 5.74) is 7.97. The SMILES string of the molecule is C1=Cc2c(cccc2-c2cccc(-c3ccccc3)c2)C1.[Mg]. The molecular formula is C21H16Mg. The summed E-state index contributed by atoms with van der Waals surface area (Å²) >= 11 is 0. The largest absolute Gasteiger partial charge is 0.0795 e. The minimum atomic E-state index is 0. The van der Waals surface area contributed by atoms with Crippen molar-refractivity contribution in [2.45, 2.75) is 6.42 Å². The fourth-order valence-electron chi connectivity index (χ4n) is 3.04. The summed E-state index contributed by atoms with van der Waals surface area (Å²) in [7, 11) is 0. The molecule has 0 unspecified atom stereocenters. The Balaban J connectivity index is 0.00000144. The van der Waals surface area contributed by atoms with Crippen LogP contribution in [0.5, 0.6) is 0 Å². The van der Waals surface area contributed by atoms with Crippen molar-refractivity contribution in [1.82, 2.24) is 0 Å². The van der Waals surface area contributed by atoms with Crippen LogP contribution in [0, 0.1) is 0 Å². The van der Waals surface area contributed by atoms with E-state index in [4.69, 9.17) is 0 Å². The molecule has 1 heteroatoms. The van der Waals surface area contributed by atoms with E-state index >= 15 is 0 Å². The summed E-state index contributed by atoms with van der Waals surface area (Å²) in [6, 6.07) is 26.0. The van der Waals surface area contributed by atoms with E-state index in [1.54, 1.807) is 0 Å². The Kier molecular flexibility index (Phi) is 4.46. The second-order valence-electron chi connectivity index (χ2n) is 5.43. The molecule has 3 aromatic carbocycles. The quantitative estimate of drug-likeness (QED) is 0.569. The van der Waals surface area contributed by atoms with E-state index in [1.807, 2.05) is 0 Å². The highest BCUT2D eigenvalue weighted by molar-refractivity contribution is 5.81. The zero-order chi connectivity index (χ0) is 14.1. The van der Waals surface area contributed by atoms with Gasteiger partial charge in [-0.25, -0.2) is 0 Å². The first-order valence-electron chi connectivity index (χ1n) is 7.36. The van der Waals surface area contributed by atoms with Gasteiger partial charge in [0.25, 0.3) is 0 Å². The van der Waals surface area contributed by atoms with Crippen LogP contribution in [0.3, 0.4) is 0 Å². The van der Waals surface area contributed by atoms with Crippen molar-refractivity contribution in [2.75, 3.05) is 0 Å². The van der Waals surface area contributed by atoms with Crippen molar-refractivity contribution in [2.24, 2.45) is 0 Å². The van der Waals surface area contributed by atoms with E-state index in [0.717, 1.165) is 6.42 Å². The standard InChI is InChI=1S/C21H16.Mg/c1-2-7-16(8-3-1)18-11-4-12-19(15-18)21-14-6-10-17-9-5-13-20(17)21;/h1-8,10-15H,9H2;. The van der Waals surface area contributed by atoms with Gasteiger partial charge in [-0.05, 0) is 45.9 Å². The summed E-state index contributed by atoms with van der Waals surface area (Å²) in [6.07, 6.45) is 5.55. The molecule has 2 radical (unpaired) electrons. The van der Waals surface area contributed by atoms with Gasteiger partial charge in [-0.1, -0.05) is 78.9 Å². The van der Waals surface area contributed by atoms with Crippen LogP contribution in [0.15, 0.2) is 78.9 Å². The topological polar surface area (TPSA) is 0 Å². The summed E-state index contributed by atoms with van der Waals surface area (Å²) in [5.74, 6) is 0. The van der Waals surface area contributed by atoms with Crippen molar-refractivity contribution in [1.29, 1.82) is 0 Å². The number of allylic oxidation sites excluding steroid dienone is 1. The van der Waals surface area contributed by atoms with Crippen molar-refractivity contribution in [3.8, 4) is 22.3 Å². The molecule has 0 spiro atoms. The monoisotopic (exact) mass is 292 g/mol. The predicted molar refractivity (Wildman–Crippen MR) is 95.8 cm³/mol. The molecule has 0 aromatic heterocycles. The molecule has 0 bridgehead atoms. The molecule has 0 fully saturated rings. The molecule has 1 aliphatic carbocycles. The van der Waals surface area contributed by atoms with Crippen LogP contribution in [-0.4, -0.2) is 23.1 Å². The zero-order valence-corrected chi connectivity index (χ0v) is 13.9. The highest BCUT2D eigenvalue weighted by atomic mass is 24.3. The normalized spacial score (nSPS) is 11.8. The second kappa shape index (κ2) is 6.51. The van der Waals surface area contributed by atoms with Crippen molar-refractivity contribution < 1.29 is 0 Å². The van der Waals surface area contributed by atoms with E-state index in [0.29, 0.717) is 0 Å². The van der Waals surface area contributed by atoms with Crippen LogP contribution >= 0.6 is 0 Å². The van der Waals surface area contributed by atoms with Crippen molar-refractivity contribution in [3.05, 3.63) is 90.0 Å². The zero-order valence-electron chi connectivity index (χ0n) is 12.5. The Morgan fingerprint density at radius 1 is 0.636 bits per heavy atom. The molecule has 102 valence electrons. The highest BCUT2D eigenvalue weighted by Gasteiger charge is 2.11. The number of benzene rings is 3. The van der Waals surface area contributed by atoms with Crippen LogP contribution in [0.1, 0.15) is 11.1 Å². The summed E-state index contributed by atoms with van der Waals surface area (Å²) < 4.78 is 0. The fraction of sp³-hybridized carbons (Fsp3) is 0.0476. The number of rotatable bonds is 2. The molecule has 0 N–H and O–H groups in total. The third kappa shape index (κ3) is 2.74. The highest BCUT2D eigenvalue weighted by Crippen LogP contribution is 2.33. The van der Waals surface area contributed by atoms with Crippen molar-refractivity contribution >= 4 is 29.1 Å². The van der Waals surface area contributed by atoms with Crippen LogP contribution in [0.2, 0.25) is 0 Å². The fourth-order valence-corrected chi connectivity index (χ4v) is 3.04. The van der Waals surface area contributed by atoms with Gasteiger partial charge in [0, 0.05) is 23.1 Å². The molecule has 0 atom stereocenters. The summed E-state index contributed by atoms with van der Waals surface area (Å²) in [4.78, 5) is 0. The molecule has 0 nitrogen and oxygen atoms in total. The molecule has 22 heavy (non-hydrogen) atoms. The average molecular weight is 293 g/mol. The minimum absolute atomic E-state index is 0. The number of hydrogen-bond donors (Lipinski definition) is 0. The smallest absolute Gasteiger partial charge is 0 e. The lowest BCUT2D eigenvalue weighted by Crippen LogP contribution is -1.87.